The van der Waals surface area contributed by atoms with Crippen LogP contribution < -0.4 is 18.9 Å². The molecule has 0 aliphatic carbocycles. The summed E-state index contributed by atoms with van der Waals surface area (Å²) in [5.74, 6) is -0.266. The van der Waals surface area contributed by atoms with Gasteiger partial charge in [0.15, 0.2) is 18.5 Å². The van der Waals surface area contributed by atoms with Gasteiger partial charge in [0.1, 0.15) is 22.9 Å². The lowest BCUT2D eigenvalue weighted by Gasteiger charge is -2.10. The first-order valence-electron chi connectivity index (χ1n) is 11.9. The highest BCUT2D eigenvalue weighted by molar-refractivity contribution is 5.76. The van der Waals surface area contributed by atoms with E-state index in [1.165, 1.54) is 31.5 Å². The van der Waals surface area contributed by atoms with Gasteiger partial charge in [-0.3, -0.25) is 0 Å². The van der Waals surface area contributed by atoms with Crippen LogP contribution in [0, 0.1) is 0 Å². The van der Waals surface area contributed by atoms with Crippen LogP contribution in [0.4, 0.5) is 13.2 Å². The molecule has 0 aliphatic rings. The Bertz CT molecular complexity index is 1420. The molecule has 2 heterocycles. The van der Waals surface area contributed by atoms with Crippen molar-refractivity contribution in [2.45, 2.75) is 45.9 Å². The van der Waals surface area contributed by atoms with Crippen molar-refractivity contribution in [2.75, 3.05) is 0 Å². The minimum absolute atomic E-state index is 0.0938. The Hall–Kier alpha value is -4.81. The number of oxazole rings is 1. The zero-order valence-corrected chi connectivity index (χ0v) is 21.5. The molecule has 4 aromatic rings. The van der Waals surface area contributed by atoms with Crippen LogP contribution in [0.1, 0.15) is 26.7 Å². The highest BCUT2D eigenvalue weighted by Crippen LogP contribution is 2.34. The second-order valence-electron chi connectivity index (χ2n) is 8.64. The Kier molecular flexibility index (Phi) is 8.41. The summed E-state index contributed by atoms with van der Waals surface area (Å²) in [7, 11) is 0. The normalized spacial score (nSPS) is 12.2. The fourth-order valence-corrected chi connectivity index (χ4v) is 3.35. The SMILES string of the molecule is CC(C)Oc1ncc(-c2nc(COc3ccc(OC(C)C(=O)O)cc3)oc2-c2ccc(OC(F)(F)F)cc2)cn1. The maximum absolute atomic E-state index is 12.6. The number of carbonyl (C=O) groups is 1. The average Bonchev–Trinajstić information content (AvgIpc) is 3.32. The van der Waals surface area contributed by atoms with Crippen molar-refractivity contribution in [3.05, 3.63) is 66.8 Å². The van der Waals surface area contributed by atoms with E-state index < -0.39 is 18.4 Å². The van der Waals surface area contributed by atoms with Crippen LogP contribution in [0.15, 0.2) is 65.3 Å². The molecule has 0 bridgehead atoms. The molecule has 2 aromatic carbocycles. The molecule has 13 heteroatoms. The van der Waals surface area contributed by atoms with Gasteiger partial charge in [0, 0.05) is 23.5 Å². The number of aliphatic carboxylic acids is 1. The summed E-state index contributed by atoms with van der Waals surface area (Å²) in [6.45, 7) is 4.99. The van der Waals surface area contributed by atoms with Crippen molar-refractivity contribution in [1.82, 2.24) is 15.0 Å². The lowest BCUT2D eigenvalue weighted by atomic mass is 10.1. The molecule has 0 fully saturated rings. The minimum Gasteiger partial charge on any atom is -0.484 e. The van der Waals surface area contributed by atoms with Crippen molar-refractivity contribution in [1.29, 1.82) is 0 Å². The monoisotopic (exact) mass is 559 g/mol. The van der Waals surface area contributed by atoms with Crippen LogP contribution in [0.25, 0.3) is 22.6 Å². The molecule has 0 saturated carbocycles. The maximum Gasteiger partial charge on any atom is 0.573 e. The third-order valence-corrected chi connectivity index (χ3v) is 5.11. The minimum atomic E-state index is -4.82. The van der Waals surface area contributed by atoms with Gasteiger partial charge in [-0.05, 0) is 69.3 Å². The van der Waals surface area contributed by atoms with E-state index in [1.54, 1.807) is 24.3 Å². The number of halogens is 3. The molecule has 2 aromatic heterocycles. The largest absolute Gasteiger partial charge is 0.573 e. The first-order chi connectivity index (χ1) is 19.0. The topological polar surface area (TPSA) is 126 Å². The van der Waals surface area contributed by atoms with Gasteiger partial charge >= 0.3 is 18.3 Å². The van der Waals surface area contributed by atoms with Gasteiger partial charge in [-0.15, -0.1) is 13.2 Å². The molecule has 4 rings (SSSR count). The fraction of sp³-hybridized carbons (Fsp3) is 0.259. The predicted octanol–water partition coefficient (Wildman–Crippen LogP) is 5.92. The van der Waals surface area contributed by atoms with E-state index in [9.17, 15) is 18.0 Å². The van der Waals surface area contributed by atoms with Crippen molar-refractivity contribution < 1.29 is 46.4 Å². The fourth-order valence-electron chi connectivity index (χ4n) is 3.35. The molecule has 0 radical (unpaired) electrons. The van der Waals surface area contributed by atoms with E-state index in [4.69, 9.17) is 23.7 Å². The van der Waals surface area contributed by atoms with Crippen LogP contribution in [0.3, 0.4) is 0 Å². The second-order valence-corrected chi connectivity index (χ2v) is 8.64. The quantitative estimate of drug-likeness (QED) is 0.237. The van der Waals surface area contributed by atoms with Gasteiger partial charge in [-0.25, -0.2) is 19.7 Å². The zero-order valence-electron chi connectivity index (χ0n) is 21.5. The number of carboxylic acids is 1. The Morgan fingerprint density at radius 3 is 2.08 bits per heavy atom. The van der Waals surface area contributed by atoms with E-state index in [0.29, 0.717) is 28.3 Å². The molecule has 0 amide bonds. The van der Waals surface area contributed by atoms with Crippen LogP contribution >= 0.6 is 0 Å². The summed E-state index contributed by atoms with van der Waals surface area (Å²) in [6.07, 6.45) is -2.97. The zero-order chi connectivity index (χ0) is 28.9. The summed E-state index contributed by atoms with van der Waals surface area (Å²) in [5.41, 5.74) is 1.25. The van der Waals surface area contributed by atoms with Crippen LogP contribution in [-0.2, 0) is 11.4 Å². The van der Waals surface area contributed by atoms with E-state index in [-0.39, 0.29) is 36.1 Å². The number of alkyl halides is 3. The van der Waals surface area contributed by atoms with Crippen molar-refractivity contribution >= 4 is 5.97 Å². The van der Waals surface area contributed by atoms with Crippen LogP contribution in [-0.4, -0.2) is 44.6 Å². The number of aromatic nitrogens is 3. The summed E-state index contributed by atoms with van der Waals surface area (Å²) in [6, 6.07) is 11.6. The van der Waals surface area contributed by atoms with Gasteiger partial charge < -0.3 is 28.5 Å². The maximum atomic E-state index is 12.6. The lowest BCUT2D eigenvalue weighted by molar-refractivity contribution is -0.274. The highest BCUT2D eigenvalue weighted by Gasteiger charge is 2.31. The molecule has 0 spiro atoms. The molecule has 1 unspecified atom stereocenters. The van der Waals surface area contributed by atoms with Gasteiger partial charge in [0.2, 0.25) is 5.89 Å². The summed E-state index contributed by atoms with van der Waals surface area (Å²) < 4.78 is 64.2. The molecule has 0 saturated heterocycles. The molecule has 40 heavy (non-hydrogen) atoms. The molecule has 1 N–H and O–H groups in total. The van der Waals surface area contributed by atoms with Crippen molar-refractivity contribution in [3.63, 3.8) is 0 Å². The Morgan fingerprint density at radius 1 is 0.900 bits per heavy atom. The van der Waals surface area contributed by atoms with E-state index >= 15 is 0 Å². The third-order valence-electron chi connectivity index (χ3n) is 5.11. The lowest BCUT2D eigenvalue weighted by Crippen LogP contribution is -2.22. The van der Waals surface area contributed by atoms with Crippen molar-refractivity contribution in [2.24, 2.45) is 0 Å². The third kappa shape index (κ3) is 7.62. The number of ether oxygens (including phenoxy) is 4. The van der Waals surface area contributed by atoms with Crippen molar-refractivity contribution in [3.8, 4) is 45.8 Å². The Balaban J connectivity index is 1.57. The molecule has 10 nitrogen and oxygen atoms in total. The van der Waals surface area contributed by atoms with Gasteiger partial charge in [0.25, 0.3) is 0 Å². The molecular weight excluding hydrogens is 535 g/mol. The number of hydrogen-bond donors (Lipinski definition) is 1. The number of benzene rings is 2. The first-order valence-corrected chi connectivity index (χ1v) is 11.9. The molecule has 1 atom stereocenters. The number of nitrogens with zero attached hydrogens (tertiary/aromatic N) is 3. The van der Waals surface area contributed by atoms with E-state index in [2.05, 4.69) is 19.7 Å². The van der Waals surface area contributed by atoms with Gasteiger partial charge in [-0.1, -0.05) is 0 Å². The second kappa shape index (κ2) is 11.9. The summed E-state index contributed by atoms with van der Waals surface area (Å²) in [5, 5.41) is 8.97. The van der Waals surface area contributed by atoms with Gasteiger partial charge in [-0.2, -0.15) is 0 Å². The standard InChI is InChI=1S/C27H24F3N3O7/c1-15(2)37-26-31-12-18(13-32-26)23-24(17-4-6-21(7-5-17)40-27(28,29)30)39-22(33-23)14-36-19-8-10-20(11-9-19)38-16(3)25(34)35/h4-13,15-16H,14H2,1-3H3,(H,34,35). The number of carboxylic acid groups (broad SMARTS) is 1. The first kappa shape index (κ1) is 28.2. The van der Waals surface area contributed by atoms with Gasteiger partial charge in [0.05, 0.1) is 6.10 Å². The predicted molar refractivity (Wildman–Crippen MR) is 134 cm³/mol. The smallest absolute Gasteiger partial charge is 0.484 e. The highest BCUT2D eigenvalue weighted by atomic mass is 19.4. The number of rotatable bonds is 11. The molecule has 210 valence electrons. The molecular formula is C27H24F3N3O7. The Morgan fingerprint density at radius 2 is 1.50 bits per heavy atom. The molecule has 0 aliphatic heterocycles. The van der Waals surface area contributed by atoms with E-state index in [1.807, 2.05) is 13.8 Å². The summed E-state index contributed by atoms with van der Waals surface area (Å²) in [4.78, 5) is 23.8. The number of hydrogen-bond acceptors (Lipinski definition) is 9. The summed E-state index contributed by atoms with van der Waals surface area (Å²) >= 11 is 0. The average molecular weight is 559 g/mol. The van der Waals surface area contributed by atoms with Crippen LogP contribution in [0.5, 0.6) is 23.3 Å². The van der Waals surface area contributed by atoms with Crippen LogP contribution in [0.2, 0.25) is 0 Å². The van der Waals surface area contributed by atoms with E-state index in [0.717, 1.165) is 12.1 Å². The Labute approximate surface area is 226 Å².